The van der Waals surface area contributed by atoms with Gasteiger partial charge in [0, 0.05) is 30.3 Å². The molecule has 6 N–H and O–H groups in total. The summed E-state index contributed by atoms with van der Waals surface area (Å²) in [5.41, 5.74) is 14.7. The summed E-state index contributed by atoms with van der Waals surface area (Å²) in [7, 11) is 1.90. The number of aromatic amines is 1. The highest BCUT2D eigenvalue weighted by Gasteiger charge is 2.26. The number of H-pyrrole nitrogens is 1. The Hall–Kier alpha value is -3.65. The van der Waals surface area contributed by atoms with E-state index in [2.05, 4.69) is 15.3 Å². The van der Waals surface area contributed by atoms with Gasteiger partial charge in [0.1, 0.15) is 0 Å². The first kappa shape index (κ1) is 19.7. The molecule has 154 valence electrons. The summed E-state index contributed by atoms with van der Waals surface area (Å²) in [6, 6.07) is 14.5. The number of aromatic nitrogens is 2. The molecule has 1 amide bonds. The van der Waals surface area contributed by atoms with Gasteiger partial charge in [-0.1, -0.05) is 24.3 Å². The minimum absolute atomic E-state index is 0.0531. The van der Waals surface area contributed by atoms with Crippen molar-refractivity contribution in [2.45, 2.75) is 12.5 Å². The molecule has 8 nitrogen and oxygen atoms in total. The molecule has 0 saturated carbocycles. The Morgan fingerprint density at radius 3 is 2.67 bits per heavy atom. The van der Waals surface area contributed by atoms with Crippen LogP contribution < -0.4 is 22.3 Å². The number of likely N-dealkylation sites (N-methyl/N-ethyl adjacent to an activating group) is 1. The minimum atomic E-state index is -0.420. The zero-order valence-electron chi connectivity index (χ0n) is 16.7. The molecule has 2 aromatic carbocycles. The van der Waals surface area contributed by atoms with Crippen LogP contribution in [0.3, 0.4) is 0 Å². The Morgan fingerprint density at radius 1 is 1.13 bits per heavy atom. The average molecular weight is 404 g/mol. The quantitative estimate of drug-likeness (QED) is 0.515. The highest BCUT2D eigenvalue weighted by Crippen LogP contribution is 2.20. The van der Waals surface area contributed by atoms with E-state index in [-0.39, 0.29) is 23.0 Å². The monoisotopic (exact) mass is 404 g/mol. The Balaban J connectivity index is 1.68. The number of nitrogens with one attached hydrogen (secondary N) is 2. The molecule has 1 unspecified atom stereocenters. The van der Waals surface area contributed by atoms with Crippen LogP contribution in [-0.4, -0.2) is 47.0 Å². The van der Waals surface area contributed by atoms with Crippen LogP contribution in [0.5, 0.6) is 0 Å². The molecule has 1 aromatic heterocycles. The first-order chi connectivity index (χ1) is 14.5. The van der Waals surface area contributed by atoms with Crippen LogP contribution in [0.25, 0.3) is 22.4 Å². The summed E-state index contributed by atoms with van der Waals surface area (Å²) >= 11 is 0. The van der Waals surface area contributed by atoms with E-state index in [1.54, 1.807) is 36.4 Å². The second kappa shape index (κ2) is 8.00. The predicted molar refractivity (Wildman–Crippen MR) is 117 cm³/mol. The molecule has 30 heavy (non-hydrogen) atoms. The first-order valence-electron chi connectivity index (χ1n) is 9.79. The fourth-order valence-electron chi connectivity index (χ4n) is 3.68. The van der Waals surface area contributed by atoms with Gasteiger partial charge in [-0.3, -0.25) is 9.59 Å². The van der Waals surface area contributed by atoms with Crippen LogP contribution in [0, 0.1) is 0 Å². The van der Waals surface area contributed by atoms with Gasteiger partial charge < -0.3 is 26.7 Å². The topological polar surface area (TPSA) is 130 Å². The van der Waals surface area contributed by atoms with E-state index in [0.717, 1.165) is 6.42 Å². The smallest absolute Gasteiger partial charge is 0.276 e. The highest BCUT2D eigenvalue weighted by atomic mass is 16.2. The number of fused-ring (bicyclic) bond motifs is 1. The molecule has 1 fully saturated rings. The lowest BCUT2D eigenvalue weighted by Gasteiger charge is -2.17. The molecule has 2 heterocycles. The zero-order chi connectivity index (χ0) is 21.3. The average Bonchev–Trinajstić information content (AvgIpc) is 3.26. The molecule has 3 aromatic rings. The van der Waals surface area contributed by atoms with Gasteiger partial charge in [0.15, 0.2) is 5.69 Å². The van der Waals surface area contributed by atoms with Gasteiger partial charge in [-0.15, -0.1) is 0 Å². The maximum absolute atomic E-state index is 12.9. The minimum Gasteiger partial charge on any atom is -0.397 e. The SMILES string of the molecule is CNC1CCN(C(=O)c2cccc(/C(N)=C(\N)c3nc4ccccc4[nH]c3=O)c2)C1. The molecule has 1 aliphatic rings. The third-order valence-corrected chi connectivity index (χ3v) is 5.45. The van der Waals surface area contributed by atoms with Crippen molar-refractivity contribution in [1.82, 2.24) is 20.2 Å². The summed E-state index contributed by atoms with van der Waals surface area (Å²) in [5, 5.41) is 3.20. The lowest BCUT2D eigenvalue weighted by atomic mass is 10.1. The molecule has 0 radical (unpaired) electrons. The van der Waals surface area contributed by atoms with Gasteiger partial charge in [-0.05, 0) is 37.7 Å². The van der Waals surface area contributed by atoms with Gasteiger partial charge in [0.25, 0.3) is 11.5 Å². The number of nitrogens with two attached hydrogens (primary N) is 2. The molecular weight excluding hydrogens is 380 g/mol. The molecular formula is C22H24N6O2. The zero-order valence-corrected chi connectivity index (χ0v) is 16.7. The first-order valence-corrected chi connectivity index (χ1v) is 9.79. The second-order valence-electron chi connectivity index (χ2n) is 7.37. The molecule has 8 heteroatoms. The van der Waals surface area contributed by atoms with E-state index >= 15 is 0 Å². The van der Waals surface area contributed by atoms with Gasteiger partial charge in [0.2, 0.25) is 0 Å². The summed E-state index contributed by atoms with van der Waals surface area (Å²) in [4.78, 5) is 34.3. The molecule has 1 saturated heterocycles. The van der Waals surface area contributed by atoms with Crippen LogP contribution in [-0.2, 0) is 0 Å². The van der Waals surface area contributed by atoms with Gasteiger partial charge in [-0.2, -0.15) is 0 Å². The number of likely N-dealkylation sites (tertiary alicyclic amines) is 1. The van der Waals surface area contributed by atoms with Crippen molar-refractivity contribution < 1.29 is 4.79 Å². The number of para-hydroxylation sites is 2. The highest BCUT2D eigenvalue weighted by molar-refractivity contribution is 5.96. The van der Waals surface area contributed by atoms with Gasteiger partial charge >= 0.3 is 0 Å². The number of benzene rings is 2. The lowest BCUT2D eigenvalue weighted by Crippen LogP contribution is -2.33. The number of carbonyl (C=O) groups excluding carboxylic acids is 1. The fourth-order valence-corrected chi connectivity index (χ4v) is 3.68. The molecule has 0 spiro atoms. The van der Waals surface area contributed by atoms with Crippen molar-refractivity contribution in [2.24, 2.45) is 11.5 Å². The summed E-state index contributed by atoms with van der Waals surface area (Å²) < 4.78 is 0. The van der Waals surface area contributed by atoms with E-state index in [1.165, 1.54) is 0 Å². The molecule has 1 atom stereocenters. The molecule has 0 bridgehead atoms. The molecule has 1 aliphatic heterocycles. The maximum Gasteiger partial charge on any atom is 0.276 e. The normalized spacial score (nSPS) is 17.2. The number of rotatable bonds is 4. The Kier molecular flexibility index (Phi) is 5.24. The number of amides is 1. The summed E-state index contributed by atoms with van der Waals surface area (Å²) in [5.74, 6) is -0.0531. The molecule has 0 aliphatic carbocycles. The van der Waals surface area contributed by atoms with E-state index in [0.29, 0.717) is 41.3 Å². The Bertz CT molecular complexity index is 1200. The largest absolute Gasteiger partial charge is 0.397 e. The third kappa shape index (κ3) is 3.65. The summed E-state index contributed by atoms with van der Waals surface area (Å²) in [6.45, 7) is 1.38. The van der Waals surface area contributed by atoms with Crippen molar-refractivity contribution in [2.75, 3.05) is 20.1 Å². The van der Waals surface area contributed by atoms with Crippen molar-refractivity contribution in [1.29, 1.82) is 0 Å². The number of hydrogen-bond donors (Lipinski definition) is 4. The van der Waals surface area contributed by atoms with Gasteiger partial charge in [-0.25, -0.2) is 4.98 Å². The van der Waals surface area contributed by atoms with E-state index in [4.69, 9.17) is 11.5 Å². The summed E-state index contributed by atoms with van der Waals surface area (Å²) in [6.07, 6.45) is 0.924. The molecule has 4 rings (SSSR count). The van der Waals surface area contributed by atoms with E-state index < -0.39 is 5.56 Å². The third-order valence-electron chi connectivity index (χ3n) is 5.45. The van der Waals surface area contributed by atoms with Crippen LogP contribution in [0.15, 0.2) is 53.3 Å². The van der Waals surface area contributed by atoms with E-state index in [9.17, 15) is 9.59 Å². The number of hydrogen-bond acceptors (Lipinski definition) is 6. The van der Waals surface area contributed by atoms with Gasteiger partial charge in [0.05, 0.1) is 22.4 Å². The van der Waals surface area contributed by atoms with Crippen LogP contribution in [0.1, 0.15) is 28.0 Å². The van der Waals surface area contributed by atoms with Crippen molar-refractivity contribution in [3.8, 4) is 0 Å². The lowest BCUT2D eigenvalue weighted by molar-refractivity contribution is 0.0789. The number of carbonyl (C=O) groups is 1. The maximum atomic E-state index is 12.9. The predicted octanol–water partition coefficient (Wildman–Crippen LogP) is 1.10. The van der Waals surface area contributed by atoms with Crippen LogP contribution in [0.4, 0.5) is 0 Å². The second-order valence-corrected chi connectivity index (χ2v) is 7.37. The van der Waals surface area contributed by atoms with E-state index in [1.807, 2.05) is 24.1 Å². The van der Waals surface area contributed by atoms with Crippen molar-refractivity contribution in [3.63, 3.8) is 0 Å². The van der Waals surface area contributed by atoms with Crippen LogP contribution in [0.2, 0.25) is 0 Å². The van der Waals surface area contributed by atoms with Crippen LogP contribution >= 0.6 is 0 Å². The Labute approximate surface area is 173 Å². The number of nitrogens with zero attached hydrogens (tertiary/aromatic N) is 2. The van der Waals surface area contributed by atoms with Crippen molar-refractivity contribution >= 4 is 28.3 Å². The van der Waals surface area contributed by atoms with Crippen molar-refractivity contribution in [3.05, 3.63) is 75.7 Å². The Morgan fingerprint density at radius 2 is 1.90 bits per heavy atom. The standard InChI is InChI=1S/C22H24N6O2/c1-25-15-9-10-28(12-15)22(30)14-6-4-5-13(11-14)18(23)19(24)20-21(29)27-17-8-3-2-7-16(17)26-20/h2-8,11,15,25H,9-10,12,23-24H2,1H3,(H,27,29)/b19-18+. The fraction of sp³-hybridized carbons (Fsp3) is 0.227.